The summed E-state index contributed by atoms with van der Waals surface area (Å²) in [5.74, 6) is 1.84. The van der Waals surface area contributed by atoms with Crippen LogP contribution in [0.25, 0.3) is 22.4 Å². The fourth-order valence-electron chi connectivity index (χ4n) is 3.91. The van der Waals surface area contributed by atoms with Crippen LogP contribution in [0.3, 0.4) is 0 Å². The van der Waals surface area contributed by atoms with Crippen molar-refractivity contribution in [2.75, 3.05) is 18.0 Å². The number of anilines is 1. The lowest BCUT2D eigenvalue weighted by atomic mass is 9.96. The molecule has 11 heteroatoms. The van der Waals surface area contributed by atoms with Gasteiger partial charge in [0.05, 0.1) is 23.8 Å². The Bertz CT molecular complexity index is 1180. The molecule has 1 aliphatic heterocycles. The lowest BCUT2D eigenvalue weighted by Gasteiger charge is -2.32. The van der Waals surface area contributed by atoms with Gasteiger partial charge in [0.2, 0.25) is 0 Å². The molecule has 3 aromatic heterocycles. The van der Waals surface area contributed by atoms with Gasteiger partial charge < -0.3 is 14.9 Å². The van der Waals surface area contributed by atoms with E-state index in [1.165, 1.54) is 12.4 Å². The Labute approximate surface area is 181 Å². The van der Waals surface area contributed by atoms with Crippen molar-refractivity contribution in [2.45, 2.75) is 24.9 Å². The van der Waals surface area contributed by atoms with Crippen LogP contribution < -0.4 is 4.90 Å². The molecule has 0 spiro atoms. The number of aromatic amines is 2. The number of H-pyrrole nitrogens is 2. The molecular formula is C20H19ClF3N7. The number of imidazole rings is 2. The first-order valence-electron chi connectivity index (χ1n) is 9.60. The zero-order valence-electron chi connectivity index (χ0n) is 16.2. The van der Waals surface area contributed by atoms with Crippen LogP contribution in [0.2, 0.25) is 0 Å². The number of benzene rings is 1. The van der Waals surface area contributed by atoms with Crippen LogP contribution in [0.4, 0.5) is 19.0 Å². The minimum atomic E-state index is -4.37. The Morgan fingerprint density at radius 2 is 1.84 bits per heavy atom. The van der Waals surface area contributed by atoms with Crippen LogP contribution in [0.1, 0.15) is 30.1 Å². The van der Waals surface area contributed by atoms with Gasteiger partial charge in [-0.2, -0.15) is 13.2 Å². The van der Waals surface area contributed by atoms with Crippen molar-refractivity contribution in [3.8, 4) is 11.3 Å². The Morgan fingerprint density at radius 3 is 2.61 bits per heavy atom. The lowest BCUT2D eigenvalue weighted by Crippen LogP contribution is -2.34. The molecule has 0 unspecified atom stereocenters. The van der Waals surface area contributed by atoms with E-state index in [-0.39, 0.29) is 18.3 Å². The normalized spacial score (nSPS) is 15.3. The van der Waals surface area contributed by atoms with Crippen molar-refractivity contribution >= 4 is 29.4 Å². The molecule has 2 N–H and O–H groups in total. The van der Waals surface area contributed by atoms with Gasteiger partial charge in [-0.3, -0.25) is 0 Å². The number of hydrogen-bond donors (Lipinski definition) is 2. The van der Waals surface area contributed by atoms with Crippen molar-refractivity contribution in [3.05, 3.63) is 54.5 Å². The number of hydrogen-bond acceptors (Lipinski definition) is 5. The number of halogens is 4. The molecule has 1 aromatic carbocycles. The van der Waals surface area contributed by atoms with Crippen LogP contribution in [0.5, 0.6) is 0 Å². The molecule has 0 atom stereocenters. The zero-order valence-corrected chi connectivity index (χ0v) is 17.0. The van der Waals surface area contributed by atoms with E-state index in [9.17, 15) is 13.2 Å². The number of alkyl halides is 3. The maximum Gasteiger partial charge on any atom is 0.416 e. The highest BCUT2D eigenvalue weighted by Gasteiger charge is 2.31. The van der Waals surface area contributed by atoms with Gasteiger partial charge in [0.25, 0.3) is 0 Å². The average molecular weight is 450 g/mol. The van der Waals surface area contributed by atoms with Gasteiger partial charge in [0.15, 0.2) is 11.5 Å². The van der Waals surface area contributed by atoms with Crippen molar-refractivity contribution in [1.29, 1.82) is 0 Å². The van der Waals surface area contributed by atoms with Crippen molar-refractivity contribution in [2.24, 2.45) is 0 Å². The summed E-state index contributed by atoms with van der Waals surface area (Å²) in [6.45, 7) is 1.57. The molecule has 1 fully saturated rings. The first kappa shape index (κ1) is 21.1. The van der Waals surface area contributed by atoms with Gasteiger partial charge in [-0.15, -0.1) is 12.4 Å². The van der Waals surface area contributed by atoms with E-state index in [1.54, 1.807) is 18.6 Å². The fraction of sp³-hybridized carbons (Fsp3) is 0.300. The average Bonchev–Trinajstić information content (AvgIpc) is 3.43. The Morgan fingerprint density at radius 1 is 1.03 bits per heavy atom. The maximum absolute atomic E-state index is 13.0. The van der Waals surface area contributed by atoms with Crippen LogP contribution in [0.15, 0.2) is 43.1 Å². The highest BCUT2D eigenvalue weighted by Crippen LogP contribution is 2.34. The smallest absolute Gasteiger partial charge is 0.355 e. The van der Waals surface area contributed by atoms with Gasteiger partial charge in [-0.1, -0.05) is 12.1 Å². The standard InChI is InChI=1S/C20H18F3N7.ClH/c21-20(22,23)14-3-1-2-13(8-14)15-9-24-17(29-15)12-4-6-30(7-5-12)19-16-18(26-10-25-16)27-11-28-19;/h1-3,8-12H,4-7H2,(H,24,29)(H,25,26,27,28);1H. The second-order valence-electron chi connectivity index (χ2n) is 7.32. The number of rotatable bonds is 3. The summed E-state index contributed by atoms with van der Waals surface area (Å²) in [6.07, 6.45) is 2.07. The fourth-order valence-corrected chi connectivity index (χ4v) is 3.91. The summed E-state index contributed by atoms with van der Waals surface area (Å²) in [4.78, 5) is 25.7. The minimum absolute atomic E-state index is 0. The van der Waals surface area contributed by atoms with Gasteiger partial charge >= 0.3 is 6.18 Å². The Hall–Kier alpha value is -3.14. The van der Waals surface area contributed by atoms with Crippen molar-refractivity contribution in [1.82, 2.24) is 29.9 Å². The van der Waals surface area contributed by atoms with Crippen molar-refractivity contribution < 1.29 is 13.2 Å². The van der Waals surface area contributed by atoms with E-state index < -0.39 is 11.7 Å². The summed E-state index contributed by atoms with van der Waals surface area (Å²) in [7, 11) is 0. The molecule has 31 heavy (non-hydrogen) atoms. The van der Waals surface area contributed by atoms with Gasteiger partial charge in [-0.25, -0.2) is 19.9 Å². The predicted octanol–water partition coefficient (Wildman–Crippen LogP) is 4.57. The lowest BCUT2D eigenvalue weighted by molar-refractivity contribution is -0.137. The first-order valence-corrected chi connectivity index (χ1v) is 9.60. The van der Waals surface area contributed by atoms with E-state index in [4.69, 9.17) is 0 Å². The second kappa shape index (κ2) is 8.18. The number of fused-ring (bicyclic) bond motifs is 1. The van der Waals surface area contributed by atoms with E-state index in [2.05, 4.69) is 34.8 Å². The third kappa shape index (κ3) is 4.07. The summed E-state index contributed by atoms with van der Waals surface area (Å²) in [6, 6.07) is 5.28. The van der Waals surface area contributed by atoms with Gasteiger partial charge in [-0.05, 0) is 25.0 Å². The van der Waals surface area contributed by atoms with Crippen LogP contribution in [-0.4, -0.2) is 43.0 Å². The summed E-state index contributed by atoms with van der Waals surface area (Å²) in [5.41, 5.74) is 1.86. The number of aromatic nitrogens is 6. The molecule has 0 bridgehead atoms. The molecule has 4 aromatic rings. The molecule has 7 nitrogen and oxygen atoms in total. The number of piperidine rings is 1. The molecule has 1 aliphatic rings. The van der Waals surface area contributed by atoms with Crippen LogP contribution >= 0.6 is 12.4 Å². The Kier molecular flexibility index (Phi) is 5.57. The number of nitrogens with one attached hydrogen (secondary N) is 2. The molecular weight excluding hydrogens is 431 g/mol. The molecule has 4 heterocycles. The molecule has 0 saturated carbocycles. The predicted molar refractivity (Wildman–Crippen MR) is 112 cm³/mol. The molecule has 162 valence electrons. The van der Waals surface area contributed by atoms with Gasteiger partial charge in [0, 0.05) is 24.6 Å². The largest absolute Gasteiger partial charge is 0.416 e. The minimum Gasteiger partial charge on any atom is -0.355 e. The van der Waals surface area contributed by atoms with E-state index in [1.807, 2.05) is 0 Å². The maximum atomic E-state index is 13.0. The molecule has 5 rings (SSSR count). The molecule has 0 aliphatic carbocycles. The summed E-state index contributed by atoms with van der Waals surface area (Å²) >= 11 is 0. The first-order chi connectivity index (χ1) is 14.5. The van der Waals surface area contributed by atoms with Gasteiger partial charge in [0.1, 0.15) is 17.7 Å². The Balaban J connectivity index is 0.00000231. The highest BCUT2D eigenvalue weighted by molar-refractivity contribution is 5.85. The zero-order chi connectivity index (χ0) is 20.7. The molecule has 1 saturated heterocycles. The van der Waals surface area contributed by atoms with E-state index in [0.717, 1.165) is 55.2 Å². The van der Waals surface area contributed by atoms with E-state index in [0.29, 0.717) is 16.9 Å². The summed E-state index contributed by atoms with van der Waals surface area (Å²) < 4.78 is 39.0. The third-order valence-corrected chi connectivity index (χ3v) is 5.48. The quantitative estimate of drug-likeness (QED) is 0.478. The monoisotopic (exact) mass is 449 g/mol. The third-order valence-electron chi connectivity index (χ3n) is 5.48. The molecule has 0 amide bonds. The van der Waals surface area contributed by atoms with Crippen LogP contribution in [0, 0.1) is 0 Å². The topological polar surface area (TPSA) is 86.4 Å². The van der Waals surface area contributed by atoms with Crippen LogP contribution in [-0.2, 0) is 6.18 Å². The van der Waals surface area contributed by atoms with Crippen molar-refractivity contribution in [3.63, 3.8) is 0 Å². The summed E-state index contributed by atoms with van der Waals surface area (Å²) in [5, 5.41) is 0. The number of nitrogens with zero attached hydrogens (tertiary/aromatic N) is 5. The SMILES string of the molecule is Cl.FC(F)(F)c1cccc(-c2cnc(C3CCN(c4ncnc5nc[nH]c45)CC3)[nH]2)c1. The highest BCUT2D eigenvalue weighted by atomic mass is 35.5. The second-order valence-corrected chi connectivity index (χ2v) is 7.32. The van der Waals surface area contributed by atoms with E-state index >= 15 is 0 Å². The molecule has 0 radical (unpaired) electrons.